The van der Waals surface area contributed by atoms with Crippen molar-refractivity contribution in [2.24, 2.45) is 0 Å². The van der Waals surface area contributed by atoms with Crippen molar-refractivity contribution in [3.8, 4) is 11.3 Å². The minimum absolute atomic E-state index is 0.141. The standard InChI is InChI=1S/C23H23FN2O2/c1-17-5-4-6-18(15-17)16-25-11-13-26(14-12-25)23(27)22-10-9-21(28-22)19-7-2-3-8-20(19)24/h2-10,15H,11-14,16H2,1H3. The van der Waals surface area contributed by atoms with Gasteiger partial charge >= 0.3 is 0 Å². The first-order valence-corrected chi connectivity index (χ1v) is 9.52. The number of furan rings is 1. The Labute approximate surface area is 164 Å². The molecule has 3 aromatic rings. The van der Waals surface area contributed by atoms with Crippen LogP contribution in [0.25, 0.3) is 11.3 Å². The van der Waals surface area contributed by atoms with E-state index in [1.54, 1.807) is 35.2 Å². The average molecular weight is 378 g/mol. The van der Waals surface area contributed by atoms with Crippen LogP contribution < -0.4 is 0 Å². The maximum absolute atomic E-state index is 13.9. The summed E-state index contributed by atoms with van der Waals surface area (Å²) < 4.78 is 19.6. The molecule has 0 bridgehead atoms. The summed E-state index contributed by atoms with van der Waals surface area (Å²) in [6.07, 6.45) is 0. The third-order valence-corrected chi connectivity index (χ3v) is 5.10. The van der Waals surface area contributed by atoms with Gasteiger partial charge in [-0.3, -0.25) is 9.69 Å². The fraction of sp³-hybridized carbons (Fsp3) is 0.261. The Morgan fingerprint density at radius 1 is 1.00 bits per heavy atom. The van der Waals surface area contributed by atoms with Crippen molar-refractivity contribution in [1.29, 1.82) is 0 Å². The Bertz CT molecular complexity index is 974. The van der Waals surface area contributed by atoms with Gasteiger partial charge in [-0.15, -0.1) is 0 Å². The quantitative estimate of drug-likeness (QED) is 0.677. The van der Waals surface area contributed by atoms with Crippen LogP contribution in [0.2, 0.25) is 0 Å². The van der Waals surface area contributed by atoms with Crippen molar-refractivity contribution < 1.29 is 13.6 Å². The Kier molecular flexibility index (Phi) is 5.26. The average Bonchev–Trinajstić information content (AvgIpc) is 3.18. The molecule has 1 fully saturated rings. The molecule has 0 unspecified atom stereocenters. The molecule has 28 heavy (non-hydrogen) atoms. The van der Waals surface area contributed by atoms with Crippen LogP contribution in [0.5, 0.6) is 0 Å². The molecule has 2 aromatic carbocycles. The van der Waals surface area contributed by atoms with Crippen molar-refractivity contribution in [2.45, 2.75) is 13.5 Å². The highest BCUT2D eigenvalue weighted by molar-refractivity contribution is 5.92. The van der Waals surface area contributed by atoms with Gasteiger partial charge in [-0.25, -0.2) is 4.39 Å². The Morgan fingerprint density at radius 3 is 2.54 bits per heavy atom. The number of halogens is 1. The van der Waals surface area contributed by atoms with Gasteiger partial charge < -0.3 is 9.32 Å². The first-order chi connectivity index (χ1) is 13.6. The van der Waals surface area contributed by atoms with Gasteiger partial charge in [0, 0.05) is 32.7 Å². The summed E-state index contributed by atoms with van der Waals surface area (Å²) in [4.78, 5) is 16.9. The lowest BCUT2D eigenvalue weighted by molar-refractivity contribution is 0.0598. The zero-order chi connectivity index (χ0) is 19.5. The highest BCUT2D eigenvalue weighted by Gasteiger charge is 2.24. The van der Waals surface area contributed by atoms with Crippen molar-refractivity contribution in [3.05, 3.63) is 83.4 Å². The lowest BCUT2D eigenvalue weighted by Crippen LogP contribution is -2.48. The number of aryl methyl sites for hydroxylation is 1. The molecule has 0 radical (unpaired) electrons. The number of piperazine rings is 1. The maximum atomic E-state index is 13.9. The molecule has 0 spiro atoms. The van der Waals surface area contributed by atoms with Crippen molar-refractivity contribution in [1.82, 2.24) is 9.80 Å². The van der Waals surface area contributed by atoms with Gasteiger partial charge in [0.05, 0.1) is 5.56 Å². The fourth-order valence-corrected chi connectivity index (χ4v) is 3.59. The second-order valence-electron chi connectivity index (χ2n) is 7.20. The molecule has 1 aliphatic heterocycles. The van der Waals surface area contributed by atoms with Crippen LogP contribution in [0.1, 0.15) is 21.7 Å². The van der Waals surface area contributed by atoms with Crippen LogP contribution in [-0.4, -0.2) is 41.9 Å². The first-order valence-electron chi connectivity index (χ1n) is 9.52. The number of nitrogens with zero attached hydrogens (tertiary/aromatic N) is 2. The molecule has 1 aliphatic rings. The molecule has 4 rings (SSSR count). The molecule has 1 amide bonds. The molecule has 144 valence electrons. The number of carbonyl (C=O) groups is 1. The smallest absolute Gasteiger partial charge is 0.289 e. The molecule has 0 N–H and O–H groups in total. The molecule has 1 saturated heterocycles. The van der Waals surface area contributed by atoms with E-state index in [-0.39, 0.29) is 17.5 Å². The van der Waals surface area contributed by atoms with Gasteiger partial charge in [0.2, 0.25) is 0 Å². The number of hydrogen-bond acceptors (Lipinski definition) is 3. The minimum atomic E-state index is -0.361. The number of amides is 1. The summed E-state index contributed by atoms with van der Waals surface area (Å²) in [6, 6.07) is 18.2. The van der Waals surface area contributed by atoms with Crippen LogP contribution in [-0.2, 0) is 6.54 Å². The normalized spacial score (nSPS) is 15.0. The van der Waals surface area contributed by atoms with E-state index in [1.807, 2.05) is 0 Å². The van der Waals surface area contributed by atoms with Crippen LogP contribution in [0.4, 0.5) is 4.39 Å². The highest BCUT2D eigenvalue weighted by atomic mass is 19.1. The molecule has 5 heteroatoms. The predicted octanol–water partition coefficient (Wildman–Crippen LogP) is 4.35. The van der Waals surface area contributed by atoms with Crippen LogP contribution >= 0.6 is 0 Å². The zero-order valence-electron chi connectivity index (χ0n) is 15.9. The van der Waals surface area contributed by atoms with Gasteiger partial charge in [0.25, 0.3) is 5.91 Å². The zero-order valence-corrected chi connectivity index (χ0v) is 15.9. The largest absolute Gasteiger partial charge is 0.451 e. The maximum Gasteiger partial charge on any atom is 0.289 e. The van der Waals surface area contributed by atoms with Gasteiger partial charge in [-0.2, -0.15) is 0 Å². The summed E-state index contributed by atoms with van der Waals surface area (Å²) in [5.74, 6) is 0.128. The lowest BCUT2D eigenvalue weighted by Gasteiger charge is -2.34. The van der Waals surface area contributed by atoms with Crippen LogP contribution in [0.15, 0.2) is 65.1 Å². The molecule has 0 saturated carbocycles. The number of rotatable bonds is 4. The Hall–Kier alpha value is -2.92. The van der Waals surface area contributed by atoms with Crippen molar-refractivity contribution >= 4 is 5.91 Å². The predicted molar refractivity (Wildman–Crippen MR) is 106 cm³/mol. The molecule has 0 aliphatic carbocycles. The summed E-state index contributed by atoms with van der Waals surface area (Å²) in [5.41, 5.74) is 2.92. The molecule has 0 atom stereocenters. The second-order valence-corrected chi connectivity index (χ2v) is 7.20. The van der Waals surface area contributed by atoms with Gasteiger partial charge in [0.15, 0.2) is 5.76 Å². The second kappa shape index (κ2) is 7.98. The molecule has 4 nitrogen and oxygen atoms in total. The third kappa shape index (κ3) is 3.99. The van der Waals surface area contributed by atoms with E-state index in [4.69, 9.17) is 4.42 Å². The topological polar surface area (TPSA) is 36.7 Å². The highest BCUT2D eigenvalue weighted by Crippen LogP contribution is 2.25. The Balaban J connectivity index is 1.37. The summed E-state index contributed by atoms with van der Waals surface area (Å²) in [7, 11) is 0. The van der Waals surface area contributed by atoms with E-state index in [1.165, 1.54) is 17.2 Å². The summed E-state index contributed by atoms with van der Waals surface area (Å²) in [5, 5.41) is 0. The SMILES string of the molecule is Cc1cccc(CN2CCN(C(=O)c3ccc(-c4ccccc4F)o3)CC2)c1. The number of carbonyl (C=O) groups excluding carboxylic acids is 1. The van der Waals surface area contributed by atoms with E-state index >= 15 is 0 Å². The summed E-state index contributed by atoms with van der Waals surface area (Å²) in [6.45, 7) is 5.93. The third-order valence-electron chi connectivity index (χ3n) is 5.10. The van der Waals surface area contributed by atoms with Gasteiger partial charge in [0.1, 0.15) is 11.6 Å². The van der Waals surface area contributed by atoms with Crippen molar-refractivity contribution in [2.75, 3.05) is 26.2 Å². The first kappa shape index (κ1) is 18.4. The van der Waals surface area contributed by atoms with Gasteiger partial charge in [-0.1, -0.05) is 42.0 Å². The minimum Gasteiger partial charge on any atom is -0.451 e. The van der Waals surface area contributed by atoms with Crippen LogP contribution in [0, 0.1) is 12.7 Å². The monoisotopic (exact) mass is 378 g/mol. The summed E-state index contributed by atoms with van der Waals surface area (Å²) >= 11 is 0. The van der Waals surface area contributed by atoms with E-state index in [2.05, 4.69) is 36.1 Å². The number of hydrogen-bond donors (Lipinski definition) is 0. The van der Waals surface area contributed by atoms with E-state index in [0.29, 0.717) is 24.4 Å². The van der Waals surface area contributed by atoms with Crippen LogP contribution in [0.3, 0.4) is 0 Å². The molecular formula is C23H23FN2O2. The molecule has 1 aromatic heterocycles. The fourth-order valence-electron chi connectivity index (χ4n) is 3.59. The van der Waals surface area contributed by atoms with E-state index in [0.717, 1.165) is 19.6 Å². The van der Waals surface area contributed by atoms with E-state index < -0.39 is 0 Å². The van der Waals surface area contributed by atoms with E-state index in [9.17, 15) is 9.18 Å². The van der Waals surface area contributed by atoms with Crippen molar-refractivity contribution in [3.63, 3.8) is 0 Å². The molecular weight excluding hydrogens is 355 g/mol. The molecule has 2 heterocycles. The Morgan fingerprint density at radius 2 is 1.79 bits per heavy atom. The van der Waals surface area contributed by atoms with Gasteiger partial charge in [-0.05, 0) is 36.8 Å². The lowest BCUT2D eigenvalue weighted by atomic mass is 10.1. The number of benzene rings is 2.